The van der Waals surface area contributed by atoms with E-state index in [9.17, 15) is 18.0 Å². The summed E-state index contributed by atoms with van der Waals surface area (Å²) in [6, 6.07) is 7.46. The van der Waals surface area contributed by atoms with Crippen LogP contribution in [0.4, 0.5) is 4.79 Å². The number of hydrogen-bond donors (Lipinski definition) is 0. The Morgan fingerprint density at radius 3 is 2.33 bits per heavy atom. The second-order valence-corrected chi connectivity index (χ2v) is 11.1. The minimum absolute atomic E-state index is 0.0387. The molecule has 0 aliphatic carbocycles. The van der Waals surface area contributed by atoms with Gasteiger partial charge in [-0.15, -0.1) is 0 Å². The molecule has 0 aromatic heterocycles. The first-order valence-corrected chi connectivity index (χ1v) is 13.7. The molecule has 1 fully saturated rings. The van der Waals surface area contributed by atoms with Gasteiger partial charge in [-0.1, -0.05) is 19.1 Å². The fourth-order valence-electron chi connectivity index (χ4n) is 4.23. The van der Waals surface area contributed by atoms with Crippen LogP contribution >= 0.6 is 0 Å². The third-order valence-corrected chi connectivity index (χ3v) is 7.41. The molecule has 0 bridgehead atoms. The van der Waals surface area contributed by atoms with Crippen molar-refractivity contribution in [3.63, 3.8) is 0 Å². The molecule has 1 saturated heterocycles. The normalized spacial score (nSPS) is 16.1. The summed E-state index contributed by atoms with van der Waals surface area (Å²) in [4.78, 5) is 32.6. The highest BCUT2D eigenvalue weighted by Crippen LogP contribution is 2.15. The van der Waals surface area contributed by atoms with E-state index in [2.05, 4.69) is 18.7 Å². The summed E-state index contributed by atoms with van der Waals surface area (Å²) in [5.41, 5.74) is 1.13. The molecule has 8 nitrogen and oxygen atoms in total. The first kappa shape index (κ1) is 27.1. The van der Waals surface area contributed by atoms with E-state index in [1.54, 1.807) is 36.0 Å². The summed E-state index contributed by atoms with van der Waals surface area (Å²) in [6.07, 6.45) is 4.39. The molecule has 1 aliphatic rings. The van der Waals surface area contributed by atoms with E-state index in [1.165, 1.54) is 6.26 Å². The van der Waals surface area contributed by atoms with Crippen LogP contribution in [-0.4, -0.2) is 106 Å². The van der Waals surface area contributed by atoms with Crippen LogP contribution in [0.1, 0.15) is 38.7 Å². The van der Waals surface area contributed by atoms with E-state index < -0.39 is 9.84 Å². The van der Waals surface area contributed by atoms with Crippen molar-refractivity contribution in [3.8, 4) is 0 Å². The van der Waals surface area contributed by atoms with E-state index in [4.69, 9.17) is 0 Å². The molecule has 1 heterocycles. The van der Waals surface area contributed by atoms with E-state index >= 15 is 0 Å². The molecular weight excluding hydrogens is 440 g/mol. The Bertz CT molecular complexity index is 886. The zero-order chi connectivity index (χ0) is 24.6. The van der Waals surface area contributed by atoms with Gasteiger partial charge in [-0.2, -0.15) is 0 Å². The summed E-state index contributed by atoms with van der Waals surface area (Å²) in [5.74, 6) is 0.127. The van der Waals surface area contributed by atoms with Crippen molar-refractivity contribution >= 4 is 21.8 Å². The maximum atomic E-state index is 12.5. The van der Waals surface area contributed by atoms with Crippen molar-refractivity contribution in [1.29, 1.82) is 0 Å². The monoisotopic (exact) mass is 480 g/mol. The van der Waals surface area contributed by atoms with Crippen molar-refractivity contribution in [3.05, 3.63) is 29.8 Å². The molecule has 1 aromatic rings. The van der Waals surface area contributed by atoms with Crippen LogP contribution in [0.3, 0.4) is 0 Å². The van der Waals surface area contributed by atoms with E-state index in [1.807, 2.05) is 17.0 Å². The van der Waals surface area contributed by atoms with Crippen LogP contribution in [0.2, 0.25) is 0 Å². The minimum Gasteiger partial charge on any atom is -0.341 e. The Morgan fingerprint density at radius 2 is 1.76 bits per heavy atom. The zero-order valence-electron chi connectivity index (χ0n) is 20.8. The van der Waals surface area contributed by atoms with Gasteiger partial charge < -0.3 is 19.6 Å². The van der Waals surface area contributed by atoms with E-state index in [0.717, 1.165) is 44.5 Å². The van der Waals surface area contributed by atoms with Gasteiger partial charge in [0.05, 0.1) is 4.90 Å². The lowest BCUT2D eigenvalue weighted by atomic mass is 10.1. The van der Waals surface area contributed by atoms with Crippen molar-refractivity contribution in [2.75, 3.05) is 59.6 Å². The first-order chi connectivity index (χ1) is 15.5. The predicted molar refractivity (Wildman–Crippen MR) is 131 cm³/mol. The second-order valence-electron chi connectivity index (χ2n) is 9.10. The fourth-order valence-corrected chi connectivity index (χ4v) is 4.86. The third kappa shape index (κ3) is 8.30. The Hall–Kier alpha value is -2.13. The summed E-state index contributed by atoms with van der Waals surface area (Å²) in [7, 11) is 0.297. The van der Waals surface area contributed by atoms with Gasteiger partial charge in [-0.3, -0.25) is 4.79 Å². The molecule has 0 saturated carbocycles. The molecule has 0 radical (unpaired) electrons. The molecule has 2 rings (SSSR count). The number of unbranched alkanes of at least 4 members (excludes halogenated alkanes) is 1. The van der Waals surface area contributed by atoms with Crippen LogP contribution in [0.15, 0.2) is 29.2 Å². The molecule has 33 heavy (non-hydrogen) atoms. The quantitative estimate of drug-likeness (QED) is 0.480. The van der Waals surface area contributed by atoms with Gasteiger partial charge in [0.1, 0.15) is 0 Å². The number of benzene rings is 1. The lowest BCUT2D eigenvalue weighted by molar-refractivity contribution is -0.130. The standard InChI is InChI=1S/C24H40N4O4S/c1-6-26(20(2)19-21-9-11-22(12-10-21)33(5,31)32)14-7-8-15-27-17-18-28(16-13-23(27)29)24(30)25(3)4/h9-12,20H,6-8,13-19H2,1-5H3. The maximum absolute atomic E-state index is 12.5. The van der Waals surface area contributed by atoms with Crippen molar-refractivity contribution < 1.29 is 18.0 Å². The van der Waals surface area contributed by atoms with Crippen LogP contribution < -0.4 is 0 Å². The molecule has 0 N–H and O–H groups in total. The van der Waals surface area contributed by atoms with Crippen LogP contribution in [0.25, 0.3) is 0 Å². The Balaban J connectivity index is 1.78. The van der Waals surface area contributed by atoms with Crippen molar-refractivity contribution in [2.24, 2.45) is 0 Å². The highest BCUT2D eigenvalue weighted by atomic mass is 32.2. The van der Waals surface area contributed by atoms with Gasteiger partial charge in [0.25, 0.3) is 0 Å². The van der Waals surface area contributed by atoms with E-state index in [-0.39, 0.29) is 11.9 Å². The predicted octanol–water partition coefficient (Wildman–Crippen LogP) is 2.34. The number of sulfone groups is 1. The largest absolute Gasteiger partial charge is 0.341 e. The molecule has 1 atom stereocenters. The van der Waals surface area contributed by atoms with Gasteiger partial charge in [-0.25, -0.2) is 13.2 Å². The van der Waals surface area contributed by atoms with Gasteiger partial charge in [0, 0.05) is 59.0 Å². The maximum Gasteiger partial charge on any atom is 0.319 e. The fraction of sp³-hybridized carbons (Fsp3) is 0.667. The first-order valence-electron chi connectivity index (χ1n) is 11.8. The Kier molecular flexibility index (Phi) is 10.2. The molecular formula is C24H40N4O4S. The number of hydrogen-bond acceptors (Lipinski definition) is 5. The number of nitrogens with zero attached hydrogens (tertiary/aromatic N) is 4. The van der Waals surface area contributed by atoms with Crippen molar-refractivity contribution in [1.82, 2.24) is 19.6 Å². The lowest BCUT2D eigenvalue weighted by Crippen LogP contribution is -2.41. The number of carbonyl (C=O) groups is 2. The SMILES string of the molecule is CCN(CCCCN1CCN(C(=O)N(C)C)CCC1=O)C(C)Cc1ccc(S(C)(=O)=O)cc1. The summed E-state index contributed by atoms with van der Waals surface area (Å²) in [6.45, 7) is 8.62. The molecule has 1 aromatic carbocycles. The molecule has 1 aliphatic heterocycles. The van der Waals surface area contributed by atoms with Crippen LogP contribution in [0.5, 0.6) is 0 Å². The molecule has 0 spiro atoms. The minimum atomic E-state index is -3.17. The number of likely N-dealkylation sites (N-methyl/N-ethyl adjacent to an activating group) is 1. The third-order valence-electron chi connectivity index (χ3n) is 6.28. The van der Waals surface area contributed by atoms with Gasteiger partial charge in [0.2, 0.25) is 5.91 Å². The summed E-state index contributed by atoms with van der Waals surface area (Å²) in [5, 5.41) is 0. The topological polar surface area (TPSA) is 81.2 Å². The van der Waals surface area contributed by atoms with Crippen LogP contribution in [-0.2, 0) is 21.1 Å². The van der Waals surface area contributed by atoms with Crippen LogP contribution in [0, 0.1) is 0 Å². The number of carbonyl (C=O) groups excluding carboxylic acids is 2. The average Bonchev–Trinajstić information content (AvgIpc) is 2.94. The van der Waals surface area contributed by atoms with Gasteiger partial charge in [-0.05, 0) is 57.0 Å². The molecule has 186 valence electrons. The highest BCUT2D eigenvalue weighted by molar-refractivity contribution is 7.90. The Morgan fingerprint density at radius 1 is 1.09 bits per heavy atom. The molecule has 9 heteroatoms. The highest BCUT2D eigenvalue weighted by Gasteiger charge is 2.24. The number of rotatable bonds is 10. The lowest BCUT2D eigenvalue weighted by Gasteiger charge is -2.28. The average molecular weight is 481 g/mol. The van der Waals surface area contributed by atoms with Gasteiger partial charge >= 0.3 is 6.03 Å². The second kappa shape index (κ2) is 12.4. The van der Waals surface area contributed by atoms with E-state index in [0.29, 0.717) is 37.0 Å². The smallest absolute Gasteiger partial charge is 0.319 e. The number of urea groups is 1. The molecule has 1 unspecified atom stereocenters. The Labute approximate surface area is 199 Å². The summed E-state index contributed by atoms with van der Waals surface area (Å²) >= 11 is 0. The summed E-state index contributed by atoms with van der Waals surface area (Å²) < 4.78 is 23.3. The van der Waals surface area contributed by atoms with Gasteiger partial charge in [0.15, 0.2) is 9.84 Å². The number of amides is 3. The molecule has 3 amide bonds. The zero-order valence-corrected chi connectivity index (χ0v) is 21.6. The van der Waals surface area contributed by atoms with Crippen molar-refractivity contribution in [2.45, 2.75) is 50.5 Å².